The van der Waals surface area contributed by atoms with Crippen LogP contribution in [0.2, 0.25) is 0 Å². The second-order valence-electron chi connectivity index (χ2n) is 7.27. The number of urea groups is 1. The van der Waals surface area contributed by atoms with E-state index in [9.17, 15) is 9.90 Å². The zero-order chi connectivity index (χ0) is 16.2. The Labute approximate surface area is 134 Å². The van der Waals surface area contributed by atoms with Gasteiger partial charge in [0.25, 0.3) is 0 Å². The number of piperidine rings is 1. The SMILES string of the molecule is CN(C)C1CCN(CCNC(=O)NC(C)(CO)C2CC2)CC1. The maximum absolute atomic E-state index is 12.0. The molecule has 0 aromatic heterocycles. The van der Waals surface area contributed by atoms with E-state index in [-0.39, 0.29) is 12.6 Å². The Balaban J connectivity index is 1.61. The van der Waals surface area contributed by atoms with Gasteiger partial charge in [0.15, 0.2) is 0 Å². The van der Waals surface area contributed by atoms with Crippen molar-refractivity contribution in [1.29, 1.82) is 0 Å². The molecule has 1 atom stereocenters. The predicted molar refractivity (Wildman–Crippen MR) is 87.9 cm³/mol. The van der Waals surface area contributed by atoms with Gasteiger partial charge in [-0.25, -0.2) is 4.79 Å². The van der Waals surface area contributed by atoms with Gasteiger partial charge in [0.1, 0.15) is 0 Å². The largest absolute Gasteiger partial charge is 0.394 e. The van der Waals surface area contributed by atoms with E-state index in [1.807, 2.05) is 6.92 Å². The number of hydrogen-bond acceptors (Lipinski definition) is 4. The summed E-state index contributed by atoms with van der Waals surface area (Å²) in [5.41, 5.74) is -0.464. The summed E-state index contributed by atoms with van der Waals surface area (Å²) in [6.45, 7) is 5.68. The van der Waals surface area contributed by atoms with Crippen LogP contribution in [0.25, 0.3) is 0 Å². The Bertz CT molecular complexity index is 365. The number of carbonyl (C=O) groups is 1. The van der Waals surface area contributed by atoms with Crippen LogP contribution in [0.4, 0.5) is 4.79 Å². The maximum atomic E-state index is 12.0. The molecule has 0 radical (unpaired) electrons. The molecule has 0 spiro atoms. The Morgan fingerprint density at radius 3 is 2.41 bits per heavy atom. The van der Waals surface area contributed by atoms with Gasteiger partial charge in [-0.3, -0.25) is 0 Å². The fraction of sp³-hybridized carbons (Fsp3) is 0.938. The van der Waals surface area contributed by atoms with Crippen molar-refractivity contribution in [3.8, 4) is 0 Å². The molecule has 1 aliphatic heterocycles. The number of amides is 2. The van der Waals surface area contributed by atoms with Crippen LogP contribution in [0.5, 0.6) is 0 Å². The van der Waals surface area contributed by atoms with Crippen LogP contribution < -0.4 is 10.6 Å². The molecule has 2 fully saturated rings. The lowest BCUT2D eigenvalue weighted by atomic mass is 9.97. The van der Waals surface area contributed by atoms with Crippen LogP contribution in [0.15, 0.2) is 0 Å². The summed E-state index contributed by atoms with van der Waals surface area (Å²) in [5.74, 6) is 0.424. The van der Waals surface area contributed by atoms with E-state index >= 15 is 0 Å². The summed E-state index contributed by atoms with van der Waals surface area (Å²) >= 11 is 0. The van der Waals surface area contributed by atoms with Gasteiger partial charge in [0.05, 0.1) is 12.1 Å². The standard InChI is InChI=1S/C16H32N4O2/c1-16(12-21,13-4-5-13)18-15(22)17-8-11-20-9-6-14(7-10-20)19(2)3/h13-14,21H,4-12H2,1-3H3,(H2,17,18,22). The first-order valence-corrected chi connectivity index (χ1v) is 8.50. The van der Waals surface area contributed by atoms with Gasteiger partial charge in [-0.15, -0.1) is 0 Å². The molecule has 1 aliphatic carbocycles. The molecule has 1 unspecified atom stereocenters. The van der Waals surface area contributed by atoms with Crippen molar-refractivity contribution >= 4 is 6.03 Å². The average Bonchev–Trinajstić information content (AvgIpc) is 3.32. The lowest BCUT2D eigenvalue weighted by Crippen LogP contribution is -2.55. The van der Waals surface area contributed by atoms with Gasteiger partial charge >= 0.3 is 6.03 Å². The molecule has 1 saturated carbocycles. The summed E-state index contributed by atoms with van der Waals surface area (Å²) in [6, 6.07) is 0.530. The Morgan fingerprint density at radius 2 is 1.91 bits per heavy atom. The van der Waals surface area contributed by atoms with Gasteiger partial charge in [-0.1, -0.05) is 0 Å². The highest BCUT2D eigenvalue weighted by Crippen LogP contribution is 2.39. The van der Waals surface area contributed by atoms with E-state index in [1.54, 1.807) is 0 Å². The van der Waals surface area contributed by atoms with E-state index in [0.717, 1.165) is 32.5 Å². The minimum absolute atomic E-state index is 0.00311. The molecule has 6 heteroatoms. The minimum Gasteiger partial charge on any atom is -0.394 e. The Kier molecular flexibility index (Phi) is 6.06. The van der Waals surface area contributed by atoms with Crippen molar-refractivity contribution in [2.24, 2.45) is 5.92 Å². The third kappa shape index (κ3) is 4.83. The number of carbonyl (C=O) groups excluding carboxylic acids is 1. The molecule has 2 amide bonds. The summed E-state index contributed by atoms with van der Waals surface area (Å²) in [6.07, 6.45) is 4.59. The molecule has 128 valence electrons. The first-order valence-electron chi connectivity index (χ1n) is 8.50. The second-order valence-corrected chi connectivity index (χ2v) is 7.27. The molecule has 2 rings (SSSR count). The predicted octanol–water partition coefficient (Wildman–Crippen LogP) is 0.473. The summed E-state index contributed by atoms with van der Waals surface area (Å²) in [5, 5.41) is 15.4. The molecule has 0 bridgehead atoms. The van der Waals surface area contributed by atoms with Crippen LogP contribution in [-0.2, 0) is 0 Å². The van der Waals surface area contributed by atoms with Gasteiger partial charge in [-0.2, -0.15) is 0 Å². The van der Waals surface area contributed by atoms with E-state index in [1.165, 1.54) is 12.8 Å². The number of aliphatic hydroxyl groups is 1. The van der Waals surface area contributed by atoms with Crippen molar-refractivity contribution in [2.75, 3.05) is 46.9 Å². The van der Waals surface area contributed by atoms with Crippen LogP contribution >= 0.6 is 0 Å². The van der Waals surface area contributed by atoms with Crippen LogP contribution in [0.3, 0.4) is 0 Å². The molecule has 1 heterocycles. The van der Waals surface area contributed by atoms with Crippen molar-refractivity contribution in [3.05, 3.63) is 0 Å². The van der Waals surface area contributed by atoms with Gasteiger partial charge in [0.2, 0.25) is 0 Å². The average molecular weight is 312 g/mol. The second kappa shape index (κ2) is 7.62. The number of rotatable bonds is 7. The van der Waals surface area contributed by atoms with Crippen LogP contribution in [-0.4, -0.2) is 79.4 Å². The van der Waals surface area contributed by atoms with Crippen LogP contribution in [0, 0.1) is 5.92 Å². The van der Waals surface area contributed by atoms with Crippen molar-refractivity contribution in [2.45, 2.75) is 44.2 Å². The van der Waals surface area contributed by atoms with Crippen molar-refractivity contribution in [1.82, 2.24) is 20.4 Å². The summed E-state index contributed by atoms with van der Waals surface area (Å²) in [7, 11) is 4.29. The fourth-order valence-electron chi connectivity index (χ4n) is 3.28. The van der Waals surface area contributed by atoms with Crippen molar-refractivity contribution < 1.29 is 9.90 Å². The van der Waals surface area contributed by atoms with Crippen LogP contribution in [0.1, 0.15) is 32.6 Å². The van der Waals surface area contributed by atoms with Gasteiger partial charge < -0.3 is 25.5 Å². The molecular weight excluding hydrogens is 280 g/mol. The quantitative estimate of drug-likeness (QED) is 0.639. The number of aliphatic hydroxyl groups excluding tert-OH is 1. The fourth-order valence-corrected chi connectivity index (χ4v) is 3.28. The monoisotopic (exact) mass is 312 g/mol. The highest BCUT2D eigenvalue weighted by Gasteiger charge is 2.42. The number of hydrogen-bond donors (Lipinski definition) is 3. The van der Waals surface area contributed by atoms with Gasteiger partial charge in [-0.05, 0) is 65.7 Å². The number of nitrogens with one attached hydrogen (secondary N) is 2. The Hall–Kier alpha value is -0.850. The topological polar surface area (TPSA) is 67.8 Å². The van der Waals surface area contributed by atoms with Gasteiger partial charge in [0, 0.05) is 19.1 Å². The lowest BCUT2D eigenvalue weighted by Gasteiger charge is -2.35. The summed E-state index contributed by atoms with van der Waals surface area (Å²) < 4.78 is 0. The molecule has 0 aromatic rings. The van der Waals surface area contributed by atoms with E-state index in [0.29, 0.717) is 18.5 Å². The molecule has 6 nitrogen and oxygen atoms in total. The van der Waals surface area contributed by atoms with Crippen molar-refractivity contribution in [3.63, 3.8) is 0 Å². The third-order valence-electron chi connectivity index (χ3n) is 5.21. The Morgan fingerprint density at radius 1 is 1.27 bits per heavy atom. The molecule has 0 aromatic carbocycles. The lowest BCUT2D eigenvalue weighted by molar-refractivity contribution is 0.142. The highest BCUT2D eigenvalue weighted by atomic mass is 16.3. The summed E-state index contributed by atoms with van der Waals surface area (Å²) in [4.78, 5) is 16.7. The number of likely N-dealkylation sites (tertiary alicyclic amines) is 1. The molecular formula is C16H32N4O2. The first-order chi connectivity index (χ1) is 10.4. The molecule has 1 saturated heterocycles. The smallest absolute Gasteiger partial charge is 0.315 e. The molecule has 22 heavy (non-hydrogen) atoms. The molecule has 3 N–H and O–H groups in total. The maximum Gasteiger partial charge on any atom is 0.315 e. The zero-order valence-corrected chi connectivity index (χ0v) is 14.3. The zero-order valence-electron chi connectivity index (χ0n) is 14.3. The van der Waals surface area contributed by atoms with E-state index in [4.69, 9.17) is 0 Å². The first kappa shape index (κ1) is 17.5. The normalized spacial score (nSPS) is 23.3. The molecule has 2 aliphatic rings. The highest BCUT2D eigenvalue weighted by molar-refractivity contribution is 5.74. The minimum atomic E-state index is -0.464. The number of nitrogens with zero attached hydrogens (tertiary/aromatic N) is 2. The third-order valence-corrected chi connectivity index (χ3v) is 5.21. The van der Waals surface area contributed by atoms with E-state index in [2.05, 4.69) is 34.5 Å². The van der Waals surface area contributed by atoms with E-state index < -0.39 is 5.54 Å².